The van der Waals surface area contributed by atoms with Gasteiger partial charge in [0.05, 0.1) is 0 Å². The number of phenols is 1. The summed E-state index contributed by atoms with van der Waals surface area (Å²) in [6.07, 6.45) is 3.28. The second-order valence-corrected chi connectivity index (χ2v) is 3.97. The van der Waals surface area contributed by atoms with Crippen LogP contribution in [-0.4, -0.2) is 17.1 Å². The highest BCUT2D eigenvalue weighted by Crippen LogP contribution is 2.20. The fourth-order valence-electron chi connectivity index (χ4n) is 1.50. The molecule has 0 heterocycles. The molecule has 0 aliphatic heterocycles. The summed E-state index contributed by atoms with van der Waals surface area (Å²) in [6.45, 7) is 0. The number of carbonyl (C=O) groups excluding carboxylic acids is 1. The van der Waals surface area contributed by atoms with E-state index in [1.165, 1.54) is 0 Å². The van der Waals surface area contributed by atoms with Gasteiger partial charge in [0, 0.05) is 12.5 Å². The number of phenolic OH excluding ortho intramolecular Hbond substituents is 1. The SMILES string of the molecule is O=C(CCc1ccccc1O)NC1CC1. The van der Waals surface area contributed by atoms with Crippen molar-refractivity contribution in [3.05, 3.63) is 29.8 Å². The van der Waals surface area contributed by atoms with Gasteiger partial charge < -0.3 is 10.4 Å². The number of nitrogens with one attached hydrogen (secondary N) is 1. The Labute approximate surface area is 89.1 Å². The van der Waals surface area contributed by atoms with Crippen LogP contribution in [-0.2, 0) is 11.2 Å². The minimum Gasteiger partial charge on any atom is -0.508 e. The average Bonchev–Trinajstić information content (AvgIpc) is 3.00. The van der Waals surface area contributed by atoms with Crippen LogP contribution in [0, 0.1) is 0 Å². The fraction of sp³-hybridized carbons (Fsp3) is 0.417. The normalized spacial score (nSPS) is 14.9. The van der Waals surface area contributed by atoms with E-state index in [-0.39, 0.29) is 11.7 Å². The van der Waals surface area contributed by atoms with Gasteiger partial charge in [0.25, 0.3) is 0 Å². The summed E-state index contributed by atoms with van der Waals surface area (Å²) < 4.78 is 0. The molecule has 0 radical (unpaired) electrons. The van der Waals surface area contributed by atoms with E-state index in [1.54, 1.807) is 12.1 Å². The lowest BCUT2D eigenvalue weighted by Crippen LogP contribution is -2.25. The molecule has 2 rings (SSSR count). The Hall–Kier alpha value is -1.51. The first kappa shape index (κ1) is 10.0. The number of para-hydroxylation sites is 1. The van der Waals surface area contributed by atoms with E-state index in [2.05, 4.69) is 5.32 Å². The van der Waals surface area contributed by atoms with Crippen LogP contribution < -0.4 is 5.32 Å². The molecule has 0 aromatic heterocycles. The Balaban J connectivity index is 1.81. The summed E-state index contributed by atoms with van der Waals surface area (Å²) in [5.41, 5.74) is 0.837. The number of amides is 1. The van der Waals surface area contributed by atoms with Gasteiger partial charge in [-0.3, -0.25) is 4.79 Å². The minimum atomic E-state index is 0.0840. The number of aromatic hydroxyl groups is 1. The van der Waals surface area contributed by atoms with Gasteiger partial charge in [0.2, 0.25) is 5.91 Å². The van der Waals surface area contributed by atoms with Crippen molar-refractivity contribution in [3.63, 3.8) is 0 Å². The van der Waals surface area contributed by atoms with Gasteiger partial charge in [-0.1, -0.05) is 18.2 Å². The van der Waals surface area contributed by atoms with Crippen LogP contribution in [0.5, 0.6) is 5.75 Å². The minimum absolute atomic E-state index is 0.0840. The zero-order valence-corrected chi connectivity index (χ0v) is 8.57. The number of rotatable bonds is 4. The molecule has 0 atom stereocenters. The van der Waals surface area contributed by atoms with Crippen LogP contribution in [0.2, 0.25) is 0 Å². The van der Waals surface area contributed by atoms with Crippen molar-refractivity contribution in [1.82, 2.24) is 5.32 Å². The van der Waals surface area contributed by atoms with E-state index in [0.29, 0.717) is 18.9 Å². The van der Waals surface area contributed by atoms with E-state index in [4.69, 9.17) is 0 Å². The van der Waals surface area contributed by atoms with Gasteiger partial charge in [0.15, 0.2) is 0 Å². The van der Waals surface area contributed by atoms with Crippen molar-refractivity contribution in [2.45, 2.75) is 31.7 Å². The van der Waals surface area contributed by atoms with Crippen LogP contribution >= 0.6 is 0 Å². The van der Waals surface area contributed by atoms with Crippen molar-refractivity contribution < 1.29 is 9.90 Å². The molecule has 0 spiro atoms. The highest BCUT2D eigenvalue weighted by Gasteiger charge is 2.22. The van der Waals surface area contributed by atoms with Crippen molar-refractivity contribution >= 4 is 5.91 Å². The summed E-state index contributed by atoms with van der Waals surface area (Å²) in [7, 11) is 0. The molecule has 15 heavy (non-hydrogen) atoms. The molecular weight excluding hydrogens is 190 g/mol. The lowest BCUT2D eigenvalue weighted by Gasteiger charge is -2.04. The molecule has 1 saturated carbocycles. The predicted octanol–water partition coefficient (Wildman–Crippen LogP) is 1.60. The molecule has 0 bridgehead atoms. The van der Waals surface area contributed by atoms with Gasteiger partial charge in [-0.15, -0.1) is 0 Å². The van der Waals surface area contributed by atoms with E-state index >= 15 is 0 Å². The third kappa shape index (κ3) is 2.98. The topological polar surface area (TPSA) is 49.3 Å². The second-order valence-electron chi connectivity index (χ2n) is 3.97. The van der Waals surface area contributed by atoms with Crippen LogP contribution in [0.25, 0.3) is 0 Å². The first-order valence-corrected chi connectivity index (χ1v) is 5.32. The standard InChI is InChI=1S/C12H15NO2/c14-11-4-2-1-3-9(11)5-8-12(15)13-10-6-7-10/h1-4,10,14H,5-8H2,(H,13,15). The van der Waals surface area contributed by atoms with Crippen LogP contribution in [0.1, 0.15) is 24.8 Å². The molecule has 3 nitrogen and oxygen atoms in total. The summed E-state index contributed by atoms with van der Waals surface area (Å²) in [5, 5.41) is 12.4. The maximum absolute atomic E-state index is 11.4. The molecule has 1 amide bonds. The van der Waals surface area contributed by atoms with Crippen molar-refractivity contribution in [1.29, 1.82) is 0 Å². The van der Waals surface area contributed by atoms with Crippen molar-refractivity contribution in [3.8, 4) is 5.75 Å². The highest BCUT2D eigenvalue weighted by molar-refractivity contribution is 5.76. The summed E-state index contributed by atoms with van der Waals surface area (Å²) >= 11 is 0. The van der Waals surface area contributed by atoms with Crippen LogP contribution in [0.3, 0.4) is 0 Å². The van der Waals surface area contributed by atoms with E-state index < -0.39 is 0 Å². The molecule has 1 aromatic carbocycles. The van der Waals surface area contributed by atoms with E-state index in [0.717, 1.165) is 18.4 Å². The number of hydrogen-bond donors (Lipinski definition) is 2. The monoisotopic (exact) mass is 205 g/mol. The average molecular weight is 205 g/mol. The molecule has 1 fully saturated rings. The smallest absolute Gasteiger partial charge is 0.220 e. The molecular formula is C12H15NO2. The fourth-order valence-corrected chi connectivity index (χ4v) is 1.50. The van der Waals surface area contributed by atoms with Crippen LogP contribution in [0.4, 0.5) is 0 Å². The lowest BCUT2D eigenvalue weighted by atomic mass is 10.1. The number of aryl methyl sites for hydroxylation is 1. The number of carbonyl (C=O) groups is 1. The van der Waals surface area contributed by atoms with Gasteiger partial charge in [-0.2, -0.15) is 0 Å². The summed E-state index contributed by atoms with van der Waals surface area (Å²) in [4.78, 5) is 11.4. The third-order valence-corrected chi connectivity index (χ3v) is 2.56. The molecule has 1 aromatic rings. The maximum Gasteiger partial charge on any atom is 0.220 e. The molecule has 2 N–H and O–H groups in total. The first-order valence-electron chi connectivity index (χ1n) is 5.32. The predicted molar refractivity (Wildman–Crippen MR) is 57.6 cm³/mol. The number of benzene rings is 1. The summed E-state index contributed by atoms with van der Waals surface area (Å²) in [6, 6.07) is 7.56. The van der Waals surface area contributed by atoms with E-state index in [1.807, 2.05) is 12.1 Å². The second kappa shape index (κ2) is 4.34. The Morgan fingerprint density at radius 1 is 1.40 bits per heavy atom. The molecule has 1 aliphatic rings. The maximum atomic E-state index is 11.4. The molecule has 80 valence electrons. The first-order chi connectivity index (χ1) is 7.25. The Morgan fingerprint density at radius 2 is 2.13 bits per heavy atom. The van der Waals surface area contributed by atoms with Gasteiger partial charge in [-0.25, -0.2) is 0 Å². The van der Waals surface area contributed by atoms with Crippen molar-refractivity contribution in [2.24, 2.45) is 0 Å². The molecule has 1 aliphatic carbocycles. The Bertz CT molecular complexity index is 358. The Kier molecular flexibility index (Phi) is 2.90. The molecule has 3 heteroatoms. The largest absolute Gasteiger partial charge is 0.508 e. The van der Waals surface area contributed by atoms with E-state index in [9.17, 15) is 9.90 Å². The zero-order chi connectivity index (χ0) is 10.7. The number of hydrogen-bond acceptors (Lipinski definition) is 2. The summed E-state index contributed by atoms with van der Waals surface area (Å²) in [5.74, 6) is 0.359. The van der Waals surface area contributed by atoms with Gasteiger partial charge >= 0.3 is 0 Å². The van der Waals surface area contributed by atoms with Crippen LogP contribution in [0.15, 0.2) is 24.3 Å². The Morgan fingerprint density at radius 3 is 2.80 bits per heavy atom. The zero-order valence-electron chi connectivity index (χ0n) is 8.57. The van der Waals surface area contributed by atoms with Gasteiger partial charge in [-0.05, 0) is 30.9 Å². The molecule has 0 unspecified atom stereocenters. The quantitative estimate of drug-likeness (QED) is 0.784. The third-order valence-electron chi connectivity index (χ3n) is 2.56. The highest BCUT2D eigenvalue weighted by atomic mass is 16.3. The van der Waals surface area contributed by atoms with Crippen molar-refractivity contribution in [2.75, 3.05) is 0 Å². The van der Waals surface area contributed by atoms with Gasteiger partial charge in [0.1, 0.15) is 5.75 Å². The lowest BCUT2D eigenvalue weighted by molar-refractivity contribution is -0.121. The molecule has 0 saturated heterocycles.